The lowest BCUT2D eigenvalue weighted by Crippen LogP contribution is -2.19. The third-order valence-corrected chi connectivity index (χ3v) is 5.01. The van der Waals surface area contributed by atoms with Gasteiger partial charge in [-0.1, -0.05) is 0 Å². The molecule has 2 aliphatic rings. The molecule has 2 aliphatic carbocycles. The van der Waals surface area contributed by atoms with Gasteiger partial charge in [-0.3, -0.25) is 14.6 Å². The van der Waals surface area contributed by atoms with Crippen molar-refractivity contribution in [2.45, 2.75) is 32.1 Å². The van der Waals surface area contributed by atoms with Gasteiger partial charge in [-0.15, -0.1) is 11.3 Å². The SMILES string of the molecule is CN=C1CCCc2c1sc(NC(=O)C1CC1)c2C(N)=O. The Labute approximate surface area is 121 Å². The van der Waals surface area contributed by atoms with E-state index in [-0.39, 0.29) is 11.8 Å². The fraction of sp³-hybridized carbons (Fsp3) is 0.500. The van der Waals surface area contributed by atoms with Gasteiger partial charge >= 0.3 is 0 Å². The van der Waals surface area contributed by atoms with Crippen LogP contribution in [-0.4, -0.2) is 24.6 Å². The van der Waals surface area contributed by atoms with Crippen LogP contribution in [0.1, 0.15) is 46.5 Å². The first-order chi connectivity index (χ1) is 9.61. The minimum Gasteiger partial charge on any atom is -0.365 e. The van der Waals surface area contributed by atoms with Crippen molar-refractivity contribution >= 4 is 33.9 Å². The molecule has 0 radical (unpaired) electrons. The van der Waals surface area contributed by atoms with Crippen LogP contribution in [0.15, 0.2) is 4.99 Å². The molecule has 3 rings (SSSR count). The van der Waals surface area contributed by atoms with E-state index in [9.17, 15) is 9.59 Å². The summed E-state index contributed by atoms with van der Waals surface area (Å²) in [6, 6.07) is 0. The van der Waals surface area contributed by atoms with Gasteiger partial charge in [0.1, 0.15) is 5.00 Å². The fourth-order valence-electron chi connectivity index (χ4n) is 2.60. The number of nitrogens with one attached hydrogen (secondary N) is 1. The smallest absolute Gasteiger partial charge is 0.252 e. The summed E-state index contributed by atoms with van der Waals surface area (Å²) in [6.07, 6.45) is 4.57. The van der Waals surface area contributed by atoms with E-state index in [0.29, 0.717) is 10.6 Å². The molecule has 1 heterocycles. The number of carbonyl (C=O) groups excluding carboxylic acids is 2. The van der Waals surface area contributed by atoms with Crippen LogP contribution >= 0.6 is 11.3 Å². The highest BCUT2D eigenvalue weighted by molar-refractivity contribution is 7.19. The molecule has 1 aromatic rings. The van der Waals surface area contributed by atoms with Crippen molar-refractivity contribution in [2.75, 3.05) is 12.4 Å². The quantitative estimate of drug-likeness (QED) is 0.892. The number of carbonyl (C=O) groups is 2. The van der Waals surface area contributed by atoms with Gasteiger partial charge in [-0.2, -0.15) is 0 Å². The molecule has 0 atom stereocenters. The molecule has 1 aromatic heterocycles. The fourth-order valence-corrected chi connectivity index (χ4v) is 3.92. The van der Waals surface area contributed by atoms with E-state index in [0.717, 1.165) is 48.3 Å². The normalized spacial score (nSPS) is 19.8. The van der Waals surface area contributed by atoms with Crippen molar-refractivity contribution in [3.63, 3.8) is 0 Å². The summed E-state index contributed by atoms with van der Waals surface area (Å²) in [6.45, 7) is 0. The lowest BCUT2D eigenvalue weighted by Gasteiger charge is -2.13. The van der Waals surface area contributed by atoms with E-state index in [1.807, 2.05) is 0 Å². The molecule has 1 fully saturated rings. The Morgan fingerprint density at radius 1 is 1.35 bits per heavy atom. The first-order valence-electron chi connectivity index (χ1n) is 6.84. The number of rotatable bonds is 3. The summed E-state index contributed by atoms with van der Waals surface area (Å²) in [4.78, 5) is 29.0. The number of hydrogen-bond donors (Lipinski definition) is 2. The molecule has 0 bridgehead atoms. The maximum absolute atomic E-state index is 11.9. The molecule has 0 aliphatic heterocycles. The highest BCUT2D eigenvalue weighted by Gasteiger charge is 2.33. The average molecular weight is 291 g/mol. The van der Waals surface area contributed by atoms with Crippen molar-refractivity contribution in [3.05, 3.63) is 16.0 Å². The molecular weight excluding hydrogens is 274 g/mol. The number of thiophene rings is 1. The predicted molar refractivity (Wildman–Crippen MR) is 79.6 cm³/mol. The first-order valence-corrected chi connectivity index (χ1v) is 7.65. The van der Waals surface area contributed by atoms with Crippen LogP contribution in [0.4, 0.5) is 5.00 Å². The van der Waals surface area contributed by atoms with Gasteiger partial charge < -0.3 is 11.1 Å². The van der Waals surface area contributed by atoms with Crippen LogP contribution in [0, 0.1) is 5.92 Å². The van der Waals surface area contributed by atoms with Crippen molar-refractivity contribution < 1.29 is 9.59 Å². The van der Waals surface area contributed by atoms with Crippen LogP contribution < -0.4 is 11.1 Å². The van der Waals surface area contributed by atoms with E-state index in [1.165, 1.54) is 11.3 Å². The third-order valence-electron chi connectivity index (χ3n) is 3.81. The van der Waals surface area contributed by atoms with Gasteiger partial charge in [0.25, 0.3) is 5.91 Å². The molecule has 0 saturated heterocycles. The number of primary amides is 1. The molecule has 6 heteroatoms. The van der Waals surface area contributed by atoms with Gasteiger partial charge in [-0.25, -0.2) is 0 Å². The van der Waals surface area contributed by atoms with Crippen LogP contribution in [0.2, 0.25) is 0 Å². The second-order valence-electron chi connectivity index (χ2n) is 5.27. The zero-order valence-corrected chi connectivity index (χ0v) is 12.2. The van der Waals surface area contributed by atoms with Gasteiger partial charge in [0.05, 0.1) is 16.2 Å². The van der Waals surface area contributed by atoms with E-state index in [4.69, 9.17) is 5.73 Å². The Balaban J connectivity index is 2.02. The van der Waals surface area contributed by atoms with Crippen molar-refractivity contribution in [1.82, 2.24) is 0 Å². The standard InChI is InChI=1S/C14H17N3O2S/c1-16-9-4-2-3-8-10(12(15)18)14(20-11(8)9)17-13(19)7-5-6-7/h7H,2-6H2,1H3,(H2,15,18)(H,17,19). The molecule has 2 amide bonds. The molecule has 106 valence electrons. The number of amides is 2. The summed E-state index contributed by atoms with van der Waals surface area (Å²) < 4.78 is 0. The summed E-state index contributed by atoms with van der Waals surface area (Å²) in [5, 5.41) is 3.48. The number of nitrogens with zero attached hydrogens (tertiary/aromatic N) is 1. The van der Waals surface area contributed by atoms with E-state index < -0.39 is 5.91 Å². The summed E-state index contributed by atoms with van der Waals surface area (Å²) in [5.74, 6) is -0.360. The van der Waals surface area contributed by atoms with Crippen molar-refractivity contribution in [1.29, 1.82) is 0 Å². The second kappa shape index (κ2) is 5.01. The summed E-state index contributed by atoms with van der Waals surface area (Å²) in [5.41, 5.74) is 7.96. The zero-order chi connectivity index (χ0) is 14.3. The molecular formula is C14H17N3O2S. The third kappa shape index (κ3) is 2.24. The lowest BCUT2D eigenvalue weighted by atomic mass is 9.94. The zero-order valence-electron chi connectivity index (χ0n) is 11.4. The maximum atomic E-state index is 11.9. The Kier molecular flexibility index (Phi) is 3.33. The Hall–Kier alpha value is -1.69. The second-order valence-corrected chi connectivity index (χ2v) is 6.29. The van der Waals surface area contributed by atoms with E-state index in [1.54, 1.807) is 7.05 Å². The van der Waals surface area contributed by atoms with Gasteiger partial charge in [-0.05, 0) is 37.7 Å². The monoisotopic (exact) mass is 291 g/mol. The van der Waals surface area contributed by atoms with Crippen LogP contribution in [-0.2, 0) is 11.2 Å². The van der Waals surface area contributed by atoms with Crippen LogP contribution in [0.25, 0.3) is 0 Å². The van der Waals surface area contributed by atoms with E-state index in [2.05, 4.69) is 10.3 Å². The summed E-state index contributed by atoms with van der Waals surface area (Å²) >= 11 is 1.43. The van der Waals surface area contributed by atoms with Crippen molar-refractivity contribution in [2.24, 2.45) is 16.6 Å². The van der Waals surface area contributed by atoms with Crippen LogP contribution in [0.3, 0.4) is 0 Å². The molecule has 0 aromatic carbocycles. The highest BCUT2D eigenvalue weighted by Crippen LogP contribution is 2.39. The first kappa shape index (κ1) is 13.3. The Morgan fingerprint density at radius 3 is 2.70 bits per heavy atom. The number of aliphatic imine (C=N–C) groups is 1. The number of hydrogen-bond acceptors (Lipinski definition) is 4. The van der Waals surface area contributed by atoms with E-state index >= 15 is 0 Å². The Bertz CT molecular complexity index is 614. The molecule has 0 spiro atoms. The van der Waals surface area contributed by atoms with Gasteiger partial charge in [0.2, 0.25) is 5.91 Å². The number of anilines is 1. The highest BCUT2D eigenvalue weighted by atomic mass is 32.1. The molecule has 5 nitrogen and oxygen atoms in total. The number of fused-ring (bicyclic) bond motifs is 1. The number of nitrogens with two attached hydrogens (primary N) is 1. The van der Waals surface area contributed by atoms with Crippen molar-refractivity contribution in [3.8, 4) is 0 Å². The predicted octanol–water partition coefficient (Wildman–Crippen LogP) is 1.95. The lowest BCUT2D eigenvalue weighted by molar-refractivity contribution is -0.117. The average Bonchev–Trinajstić information content (AvgIpc) is 3.19. The topological polar surface area (TPSA) is 84.6 Å². The molecule has 20 heavy (non-hydrogen) atoms. The molecule has 0 unspecified atom stereocenters. The minimum absolute atomic E-state index is 0.00100. The van der Waals surface area contributed by atoms with Gasteiger partial charge in [0, 0.05) is 13.0 Å². The molecule has 1 saturated carbocycles. The van der Waals surface area contributed by atoms with Crippen LogP contribution in [0.5, 0.6) is 0 Å². The minimum atomic E-state index is -0.467. The maximum Gasteiger partial charge on any atom is 0.252 e. The molecule has 3 N–H and O–H groups in total. The summed E-state index contributed by atoms with van der Waals surface area (Å²) in [7, 11) is 1.76. The Morgan fingerprint density at radius 2 is 2.10 bits per heavy atom. The van der Waals surface area contributed by atoms with Gasteiger partial charge in [0.15, 0.2) is 0 Å². The largest absolute Gasteiger partial charge is 0.365 e.